The zero-order valence-corrected chi connectivity index (χ0v) is 19.2. The Morgan fingerprint density at radius 2 is 1.68 bits per heavy atom. The molecule has 0 amide bonds. The average molecular weight is 474 g/mol. The molecule has 170 valence electrons. The summed E-state index contributed by atoms with van der Waals surface area (Å²) in [7, 11) is 1.46. The first-order valence-electron chi connectivity index (χ1n) is 10.3. The Hall–Kier alpha value is -4.16. The van der Waals surface area contributed by atoms with Gasteiger partial charge in [0.2, 0.25) is 5.90 Å². The maximum atomic E-state index is 12.3. The molecule has 0 saturated carbocycles. The molecule has 0 fully saturated rings. The summed E-state index contributed by atoms with van der Waals surface area (Å²) in [6.45, 7) is 1.97. The molecule has 0 aliphatic carbocycles. The summed E-state index contributed by atoms with van der Waals surface area (Å²) in [4.78, 5) is 28.8. The molecular weight excluding hydrogens is 454 g/mol. The minimum absolute atomic E-state index is 0.160. The maximum absolute atomic E-state index is 12.3. The van der Waals surface area contributed by atoms with Crippen LogP contribution in [0.1, 0.15) is 22.3 Å². The normalized spacial score (nSPS) is 14.3. The first kappa shape index (κ1) is 23.0. The summed E-state index contributed by atoms with van der Waals surface area (Å²) in [5, 5.41) is 0.613. The minimum atomic E-state index is -0.564. The maximum Gasteiger partial charge on any atom is 0.363 e. The van der Waals surface area contributed by atoms with Crippen LogP contribution in [0.4, 0.5) is 0 Å². The summed E-state index contributed by atoms with van der Waals surface area (Å²) >= 11 is 5.86. The molecule has 0 bridgehead atoms. The molecule has 1 heterocycles. The highest BCUT2D eigenvalue weighted by atomic mass is 35.5. The van der Waals surface area contributed by atoms with E-state index in [1.807, 2.05) is 31.2 Å². The van der Waals surface area contributed by atoms with Crippen LogP contribution in [0.5, 0.6) is 11.5 Å². The smallest absolute Gasteiger partial charge is 0.363 e. The van der Waals surface area contributed by atoms with Gasteiger partial charge in [-0.1, -0.05) is 47.5 Å². The van der Waals surface area contributed by atoms with Crippen molar-refractivity contribution in [1.82, 2.24) is 0 Å². The van der Waals surface area contributed by atoms with Crippen molar-refractivity contribution in [3.05, 3.63) is 106 Å². The first-order valence-corrected chi connectivity index (χ1v) is 10.7. The van der Waals surface area contributed by atoms with Gasteiger partial charge in [0.1, 0.15) is 0 Å². The number of carbonyl (C=O) groups excluding carboxylic acids is 2. The number of carbonyl (C=O) groups is 2. The van der Waals surface area contributed by atoms with Crippen molar-refractivity contribution in [1.29, 1.82) is 0 Å². The topological polar surface area (TPSA) is 74.2 Å². The molecule has 0 aromatic heterocycles. The molecule has 4 rings (SSSR count). The highest BCUT2D eigenvalue weighted by molar-refractivity contribution is 6.30. The van der Waals surface area contributed by atoms with E-state index in [1.165, 1.54) is 13.2 Å². The number of methoxy groups -OCH3 is 1. The van der Waals surface area contributed by atoms with Crippen molar-refractivity contribution in [2.24, 2.45) is 4.99 Å². The van der Waals surface area contributed by atoms with E-state index in [0.717, 1.165) is 11.1 Å². The van der Waals surface area contributed by atoms with Gasteiger partial charge in [0.15, 0.2) is 17.2 Å². The van der Waals surface area contributed by atoms with Crippen LogP contribution in [0.15, 0.2) is 83.5 Å². The minimum Gasteiger partial charge on any atom is -0.493 e. The molecular formula is C27H20ClNO5. The van der Waals surface area contributed by atoms with E-state index in [2.05, 4.69) is 4.99 Å². The van der Waals surface area contributed by atoms with Crippen LogP contribution >= 0.6 is 11.6 Å². The summed E-state index contributed by atoms with van der Waals surface area (Å²) in [6.07, 6.45) is 4.52. The number of aryl methyl sites for hydroxylation is 1. The fourth-order valence-corrected chi connectivity index (χ4v) is 3.25. The molecule has 0 spiro atoms. The van der Waals surface area contributed by atoms with Crippen molar-refractivity contribution in [2.45, 2.75) is 6.92 Å². The van der Waals surface area contributed by atoms with Gasteiger partial charge < -0.3 is 14.2 Å². The lowest BCUT2D eigenvalue weighted by Crippen LogP contribution is -2.05. The standard InChI is InChI=1S/C27H20ClNO5/c1-17-3-9-20(10-4-17)26-29-22(27(31)34-26)15-19-7-13-23(24(16-19)32-2)33-25(30)14-8-18-5-11-21(28)12-6-18/h3-16H,1-2H3/b14-8+,22-15-. The zero-order chi connectivity index (χ0) is 24.1. The van der Waals surface area contributed by atoms with Crippen LogP contribution in [0.2, 0.25) is 5.02 Å². The Labute approximate surface area is 201 Å². The van der Waals surface area contributed by atoms with Gasteiger partial charge in [-0.25, -0.2) is 14.6 Å². The number of nitrogens with zero attached hydrogens (tertiary/aromatic N) is 1. The number of aliphatic imine (C=N–C) groups is 1. The molecule has 3 aromatic rings. The predicted molar refractivity (Wildman–Crippen MR) is 131 cm³/mol. The second kappa shape index (κ2) is 10.2. The van der Waals surface area contributed by atoms with E-state index < -0.39 is 11.9 Å². The van der Waals surface area contributed by atoms with Gasteiger partial charge in [-0.05, 0) is 66.6 Å². The number of halogens is 1. The molecule has 6 nitrogen and oxygen atoms in total. The quantitative estimate of drug-likeness (QED) is 0.264. The summed E-state index contributed by atoms with van der Waals surface area (Å²) < 4.78 is 16.1. The van der Waals surface area contributed by atoms with E-state index in [-0.39, 0.29) is 17.3 Å². The Morgan fingerprint density at radius 3 is 2.38 bits per heavy atom. The molecule has 0 unspecified atom stereocenters. The van der Waals surface area contributed by atoms with E-state index >= 15 is 0 Å². The summed E-state index contributed by atoms with van der Waals surface area (Å²) in [6, 6.07) is 19.5. The van der Waals surface area contributed by atoms with Gasteiger partial charge in [-0.3, -0.25) is 0 Å². The molecule has 0 atom stereocenters. The molecule has 0 saturated heterocycles. The number of esters is 2. The lowest BCUT2D eigenvalue weighted by atomic mass is 10.1. The average Bonchev–Trinajstić information content (AvgIpc) is 3.20. The fourth-order valence-electron chi connectivity index (χ4n) is 3.13. The number of benzene rings is 3. The third-order valence-corrected chi connectivity index (χ3v) is 5.15. The molecule has 0 radical (unpaired) electrons. The van der Waals surface area contributed by atoms with Gasteiger partial charge >= 0.3 is 11.9 Å². The van der Waals surface area contributed by atoms with Gasteiger partial charge in [0, 0.05) is 16.7 Å². The lowest BCUT2D eigenvalue weighted by molar-refractivity contribution is -0.130. The van der Waals surface area contributed by atoms with Gasteiger partial charge in [0.05, 0.1) is 7.11 Å². The van der Waals surface area contributed by atoms with E-state index in [1.54, 1.807) is 54.6 Å². The first-order chi connectivity index (χ1) is 16.4. The van der Waals surface area contributed by atoms with Crippen molar-refractivity contribution in [2.75, 3.05) is 7.11 Å². The molecule has 7 heteroatoms. The Bertz CT molecular complexity index is 1320. The molecule has 3 aromatic carbocycles. The Kier molecular flexibility index (Phi) is 6.90. The van der Waals surface area contributed by atoms with Crippen LogP contribution in [0, 0.1) is 6.92 Å². The number of cyclic esters (lactones) is 1. The SMILES string of the molecule is COc1cc(/C=C2\N=C(c3ccc(C)cc3)OC2=O)ccc1OC(=O)/C=C/c1ccc(Cl)cc1. The number of hydrogen-bond acceptors (Lipinski definition) is 6. The van der Waals surface area contributed by atoms with Gasteiger partial charge in [0.25, 0.3) is 0 Å². The highest BCUT2D eigenvalue weighted by Gasteiger charge is 2.24. The third-order valence-electron chi connectivity index (χ3n) is 4.90. The Balaban J connectivity index is 1.50. The van der Waals surface area contributed by atoms with Crippen LogP contribution in [-0.2, 0) is 14.3 Å². The van der Waals surface area contributed by atoms with E-state index in [0.29, 0.717) is 21.9 Å². The summed E-state index contributed by atoms with van der Waals surface area (Å²) in [5.41, 5.74) is 3.42. The monoisotopic (exact) mass is 473 g/mol. The fraction of sp³-hybridized carbons (Fsp3) is 0.0741. The lowest BCUT2D eigenvalue weighted by Gasteiger charge is -2.08. The predicted octanol–water partition coefficient (Wildman–Crippen LogP) is 5.62. The molecule has 1 aliphatic rings. The second-order valence-corrected chi connectivity index (χ2v) is 7.85. The molecule has 34 heavy (non-hydrogen) atoms. The van der Waals surface area contributed by atoms with Gasteiger partial charge in [-0.15, -0.1) is 0 Å². The van der Waals surface area contributed by atoms with E-state index in [9.17, 15) is 9.59 Å². The van der Waals surface area contributed by atoms with E-state index in [4.69, 9.17) is 25.8 Å². The van der Waals surface area contributed by atoms with Crippen LogP contribution in [0.3, 0.4) is 0 Å². The number of rotatable bonds is 6. The van der Waals surface area contributed by atoms with Gasteiger partial charge in [-0.2, -0.15) is 0 Å². The Morgan fingerprint density at radius 1 is 0.971 bits per heavy atom. The van der Waals surface area contributed by atoms with Crippen molar-refractivity contribution in [3.63, 3.8) is 0 Å². The van der Waals surface area contributed by atoms with Crippen molar-refractivity contribution in [3.8, 4) is 11.5 Å². The second-order valence-electron chi connectivity index (χ2n) is 7.42. The molecule has 0 N–H and O–H groups in total. The largest absolute Gasteiger partial charge is 0.493 e. The highest BCUT2D eigenvalue weighted by Crippen LogP contribution is 2.30. The number of ether oxygens (including phenoxy) is 3. The number of hydrogen-bond donors (Lipinski definition) is 0. The summed E-state index contributed by atoms with van der Waals surface area (Å²) in [5.74, 6) is -0.283. The zero-order valence-electron chi connectivity index (χ0n) is 18.4. The molecule has 1 aliphatic heterocycles. The van der Waals surface area contributed by atoms with Crippen LogP contribution in [0.25, 0.3) is 12.2 Å². The van der Waals surface area contributed by atoms with Crippen LogP contribution in [-0.4, -0.2) is 24.9 Å². The van der Waals surface area contributed by atoms with Crippen molar-refractivity contribution < 1.29 is 23.8 Å². The van der Waals surface area contributed by atoms with Crippen molar-refractivity contribution >= 4 is 41.6 Å². The van der Waals surface area contributed by atoms with Crippen LogP contribution < -0.4 is 9.47 Å². The third kappa shape index (κ3) is 5.60.